The van der Waals surface area contributed by atoms with Crippen LogP contribution in [0.25, 0.3) is 0 Å². The summed E-state index contributed by atoms with van der Waals surface area (Å²) in [7, 11) is 0. The lowest BCUT2D eigenvalue weighted by Gasteiger charge is -2.24. The highest BCUT2D eigenvalue weighted by atomic mass is 16.2. The van der Waals surface area contributed by atoms with Crippen molar-refractivity contribution in [2.75, 3.05) is 0 Å². The van der Waals surface area contributed by atoms with E-state index in [0.717, 1.165) is 24.7 Å². The topological polar surface area (TPSA) is 55.1 Å². The molecule has 15 heavy (non-hydrogen) atoms. The third-order valence-corrected chi connectivity index (χ3v) is 4.00. The molecule has 2 aliphatic rings. The van der Waals surface area contributed by atoms with Crippen molar-refractivity contribution in [3.8, 4) is 0 Å². The SMILES string of the molecule is CCC[C@H](N)C(=O)NC1CC2CCC1C2. The first-order valence-electron chi connectivity index (χ1n) is 6.26. The van der Waals surface area contributed by atoms with Crippen molar-refractivity contribution in [2.45, 2.75) is 57.5 Å². The van der Waals surface area contributed by atoms with Crippen LogP contribution in [0.5, 0.6) is 0 Å². The number of rotatable bonds is 4. The summed E-state index contributed by atoms with van der Waals surface area (Å²) in [6, 6.07) is 0.133. The second-order valence-corrected chi connectivity index (χ2v) is 5.19. The molecule has 3 nitrogen and oxygen atoms in total. The van der Waals surface area contributed by atoms with Gasteiger partial charge in [-0.3, -0.25) is 4.79 Å². The molecule has 2 fully saturated rings. The summed E-state index contributed by atoms with van der Waals surface area (Å²) in [6.45, 7) is 2.06. The van der Waals surface area contributed by atoms with Crippen LogP contribution in [0.15, 0.2) is 0 Å². The molecular weight excluding hydrogens is 188 g/mol. The summed E-state index contributed by atoms with van der Waals surface area (Å²) in [4.78, 5) is 11.7. The fourth-order valence-electron chi connectivity index (χ4n) is 3.15. The highest BCUT2D eigenvalue weighted by Gasteiger charge is 2.40. The minimum Gasteiger partial charge on any atom is -0.352 e. The molecule has 0 spiro atoms. The second-order valence-electron chi connectivity index (χ2n) is 5.19. The van der Waals surface area contributed by atoms with E-state index in [1.54, 1.807) is 0 Å². The monoisotopic (exact) mass is 210 g/mol. The average Bonchev–Trinajstić information content (AvgIpc) is 2.79. The number of hydrogen-bond acceptors (Lipinski definition) is 2. The molecule has 3 heteroatoms. The van der Waals surface area contributed by atoms with Crippen LogP contribution in [0.3, 0.4) is 0 Å². The smallest absolute Gasteiger partial charge is 0.237 e. The normalized spacial score (nSPS) is 35.5. The molecule has 0 radical (unpaired) electrons. The molecule has 0 aliphatic heterocycles. The fourth-order valence-corrected chi connectivity index (χ4v) is 3.15. The number of fused-ring (bicyclic) bond motifs is 2. The molecule has 2 bridgehead atoms. The van der Waals surface area contributed by atoms with Crippen molar-refractivity contribution in [1.29, 1.82) is 0 Å². The summed E-state index contributed by atoms with van der Waals surface area (Å²) < 4.78 is 0. The zero-order chi connectivity index (χ0) is 10.8. The van der Waals surface area contributed by atoms with Gasteiger partial charge in [0.15, 0.2) is 0 Å². The predicted octanol–water partition coefficient (Wildman–Crippen LogP) is 1.42. The van der Waals surface area contributed by atoms with E-state index in [1.165, 1.54) is 25.7 Å². The van der Waals surface area contributed by atoms with E-state index < -0.39 is 0 Å². The number of carbonyl (C=O) groups excluding carboxylic acids is 1. The van der Waals surface area contributed by atoms with Gasteiger partial charge in [-0.1, -0.05) is 19.8 Å². The van der Waals surface area contributed by atoms with E-state index in [-0.39, 0.29) is 11.9 Å². The van der Waals surface area contributed by atoms with Crippen LogP contribution in [0.1, 0.15) is 45.4 Å². The summed E-state index contributed by atoms with van der Waals surface area (Å²) in [6.07, 6.45) is 6.97. The van der Waals surface area contributed by atoms with E-state index in [2.05, 4.69) is 12.2 Å². The fraction of sp³-hybridized carbons (Fsp3) is 0.917. The zero-order valence-electron chi connectivity index (χ0n) is 9.54. The molecule has 2 rings (SSSR count). The first kappa shape index (κ1) is 10.9. The van der Waals surface area contributed by atoms with Gasteiger partial charge in [-0.25, -0.2) is 0 Å². The average molecular weight is 210 g/mol. The van der Waals surface area contributed by atoms with E-state index in [4.69, 9.17) is 5.73 Å². The second kappa shape index (κ2) is 4.52. The van der Waals surface area contributed by atoms with E-state index in [9.17, 15) is 4.79 Å². The Hall–Kier alpha value is -0.570. The molecule has 86 valence electrons. The summed E-state index contributed by atoms with van der Waals surface area (Å²) in [5.74, 6) is 1.69. The lowest BCUT2D eigenvalue weighted by molar-refractivity contribution is -0.123. The maximum atomic E-state index is 11.7. The summed E-state index contributed by atoms with van der Waals surface area (Å²) >= 11 is 0. The first-order chi connectivity index (χ1) is 7.20. The molecule has 1 amide bonds. The molecule has 3 unspecified atom stereocenters. The van der Waals surface area contributed by atoms with E-state index in [1.807, 2.05) is 0 Å². The van der Waals surface area contributed by atoms with Crippen LogP contribution in [-0.4, -0.2) is 18.0 Å². The number of carbonyl (C=O) groups is 1. The van der Waals surface area contributed by atoms with Crippen molar-refractivity contribution in [1.82, 2.24) is 5.32 Å². The Morgan fingerprint density at radius 1 is 1.47 bits per heavy atom. The third kappa shape index (κ3) is 2.33. The number of nitrogens with one attached hydrogen (secondary N) is 1. The highest BCUT2D eigenvalue weighted by Crippen LogP contribution is 2.44. The van der Waals surface area contributed by atoms with Crippen LogP contribution < -0.4 is 11.1 Å². The Bertz CT molecular complexity index is 242. The summed E-state index contributed by atoms with van der Waals surface area (Å²) in [5, 5.41) is 3.13. The minimum absolute atomic E-state index is 0.0643. The molecule has 3 N–H and O–H groups in total. The maximum Gasteiger partial charge on any atom is 0.237 e. The van der Waals surface area contributed by atoms with Crippen LogP contribution in [0.2, 0.25) is 0 Å². The van der Waals surface area contributed by atoms with Gasteiger partial charge in [0.2, 0.25) is 5.91 Å². The third-order valence-electron chi connectivity index (χ3n) is 4.00. The number of hydrogen-bond donors (Lipinski definition) is 2. The maximum absolute atomic E-state index is 11.7. The zero-order valence-corrected chi connectivity index (χ0v) is 9.54. The summed E-state index contributed by atoms with van der Waals surface area (Å²) in [5.41, 5.74) is 5.79. The molecule has 0 aromatic rings. The highest BCUT2D eigenvalue weighted by molar-refractivity contribution is 5.81. The number of nitrogens with two attached hydrogens (primary N) is 1. The first-order valence-corrected chi connectivity index (χ1v) is 6.26. The van der Waals surface area contributed by atoms with Crippen LogP contribution >= 0.6 is 0 Å². The number of amides is 1. The minimum atomic E-state index is -0.297. The lowest BCUT2D eigenvalue weighted by Crippen LogP contribution is -2.47. The Labute approximate surface area is 91.8 Å². The van der Waals surface area contributed by atoms with Gasteiger partial charge in [0.25, 0.3) is 0 Å². The van der Waals surface area contributed by atoms with Gasteiger partial charge in [-0.05, 0) is 37.5 Å². The lowest BCUT2D eigenvalue weighted by atomic mass is 9.95. The van der Waals surface area contributed by atoms with Crippen LogP contribution in [0, 0.1) is 11.8 Å². The standard InChI is InChI=1S/C12H22N2O/c1-2-3-10(13)12(15)14-11-7-8-4-5-9(11)6-8/h8-11H,2-7,13H2,1H3,(H,14,15)/t8?,9?,10-,11?/m0/s1. The molecule has 2 saturated carbocycles. The van der Waals surface area contributed by atoms with Crippen molar-refractivity contribution < 1.29 is 4.79 Å². The van der Waals surface area contributed by atoms with Crippen molar-refractivity contribution in [3.05, 3.63) is 0 Å². The molecule has 4 atom stereocenters. The molecule has 0 aromatic carbocycles. The van der Waals surface area contributed by atoms with Gasteiger partial charge >= 0.3 is 0 Å². The van der Waals surface area contributed by atoms with Gasteiger partial charge in [-0.2, -0.15) is 0 Å². The van der Waals surface area contributed by atoms with Gasteiger partial charge in [0, 0.05) is 6.04 Å². The molecular formula is C12H22N2O. The molecule has 2 aliphatic carbocycles. The molecule has 0 heterocycles. The Kier molecular flexibility index (Phi) is 3.29. The quantitative estimate of drug-likeness (QED) is 0.737. The van der Waals surface area contributed by atoms with E-state index in [0.29, 0.717) is 6.04 Å². The predicted molar refractivity (Wildman–Crippen MR) is 60.3 cm³/mol. The van der Waals surface area contributed by atoms with Gasteiger partial charge in [-0.15, -0.1) is 0 Å². The van der Waals surface area contributed by atoms with Crippen LogP contribution in [-0.2, 0) is 4.79 Å². The van der Waals surface area contributed by atoms with Gasteiger partial charge in [0.1, 0.15) is 0 Å². The Morgan fingerprint density at radius 3 is 2.80 bits per heavy atom. The largest absolute Gasteiger partial charge is 0.352 e. The van der Waals surface area contributed by atoms with E-state index >= 15 is 0 Å². The van der Waals surface area contributed by atoms with Crippen molar-refractivity contribution >= 4 is 5.91 Å². The van der Waals surface area contributed by atoms with Crippen LogP contribution in [0.4, 0.5) is 0 Å². The van der Waals surface area contributed by atoms with Gasteiger partial charge < -0.3 is 11.1 Å². The molecule has 0 aromatic heterocycles. The van der Waals surface area contributed by atoms with Crippen molar-refractivity contribution in [2.24, 2.45) is 17.6 Å². The van der Waals surface area contributed by atoms with Crippen molar-refractivity contribution in [3.63, 3.8) is 0 Å². The Balaban J connectivity index is 1.79. The molecule has 0 saturated heterocycles. The Morgan fingerprint density at radius 2 is 2.27 bits per heavy atom. The van der Waals surface area contributed by atoms with Gasteiger partial charge in [0.05, 0.1) is 6.04 Å².